The van der Waals surface area contributed by atoms with Crippen molar-refractivity contribution in [2.75, 3.05) is 39.3 Å². The SMILES string of the molecule is CC(C)(C)c1ccc(C(=O)CCCN2CC3CNCC3(CO)C2)cc1. The van der Waals surface area contributed by atoms with Gasteiger partial charge in [-0.25, -0.2) is 0 Å². The van der Waals surface area contributed by atoms with Gasteiger partial charge in [0.1, 0.15) is 0 Å². The Kier molecular flexibility index (Phi) is 5.33. The molecule has 2 saturated heterocycles. The summed E-state index contributed by atoms with van der Waals surface area (Å²) in [6.45, 7) is 11.7. The van der Waals surface area contributed by atoms with E-state index in [1.165, 1.54) is 5.56 Å². The van der Waals surface area contributed by atoms with Crippen LogP contribution < -0.4 is 5.32 Å². The number of likely N-dealkylation sites (tertiary alicyclic amines) is 1. The van der Waals surface area contributed by atoms with Gasteiger partial charge in [0, 0.05) is 37.0 Å². The zero-order chi connectivity index (χ0) is 18.1. The Hall–Kier alpha value is -1.23. The molecule has 2 aliphatic heterocycles. The molecule has 0 spiro atoms. The van der Waals surface area contributed by atoms with Crippen molar-refractivity contribution in [1.82, 2.24) is 10.2 Å². The predicted octanol–water partition coefficient (Wildman–Crippen LogP) is 2.46. The average Bonchev–Trinajstić information content (AvgIpc) is 3.11. The molecule has 0 aromatic heterocycles. The van der Waals surface area contributed by atoms with Crippen LogP contribution in [0.15, 0.2) is 24.3 Å². The van der Waals surface area contributed by atoms with Crippen molar-refractivity contribution in [1.29, 1.82) is 0 Å². The number of ketones is 1. The van der Waals surface area contributed by atoms with Crippen LogP contribution in [-0.4, -0.2) is 55.1 Å². The monoisotopic (exact) mass is 344 g/mol. The Morgan fingerprint density at radius 1 is 1.32 bits per heavy atom. The van der Waals surface area contributed by atoms with E-state index in [1.807, 2.05) is 12.1 Å². The van der Waals surface area contributed by atoms with E-state index in [0.29, 0.717) is 12.3 Å². The smallest absolute Gasteiger partial charge is 0.162 e. The summed E-state index contributed by atoms with van der Waals surface area (Å²) in [5, 5.41) is 13.2. The standard InChI is InChI=1S/C21H32N2O2/c1-20(2,3)17-8-6-16(7-9-17)19(25)5-4-10-23-12-18-11-22-13-21(18,14-23)15-24/h6-9,18,22,24H,4-5,10-15H2,1-3H3. The third-order valence-electron chi connectivity index (χ3n) is 6.02. The molecule has 2 fully saturated rings. The molecule has 0 saturated carbocycles. The van der Waals surface area contributed by atoms with E-state index in [9.17, 15) is 9.90 Å². The Morgan fingerprint density at radius 3 is 2.64 bits per heavy atom. The van der Waals surface area contributed by atoms with Gasteiger partial charge >= 0.3 is 0 Å². The van der Waals surface area contributed by atoms with E-state index in [-0.39, 0.29) is 23.2 Å². The minimum absolute atomic E-state index is 0.0484. The zero-order valence-electron chi connectivity index (χ0n) is 15.8. The van der Waals surface area contributed by atoms with E-state index in [2.05, 4.69) is 43.1 Å². The molecule has 1 aromatic carbocycles. The first kappa shape index (κ1) is 18.6. The number of hydrogen-bond acceptors (Lipinski definition) is 4. The number of carbonyl (C=O) groups excluding carboxylic acids is 1. The lowest BCUT2D eigenvalue weighted by molar-refractivity contribution is 0.0972. The van der Waals surface area contributed by atoms with Gasteiger partial charge in [0.25, 0.3) is 0 Å². The molecule has 0 amide bonds. The van der Waals surface area contributed by atoms with Gasteiger partial charge in [-0.05, 0) is 36.4 Å². The van der Waals surface area contributed by atoms with Gasteiger partial charge in [-0.15, -0.1) is 0 Å². The highest BCUT2D eigenvalue weighted by Crippen LogP contribution is 2.38. The van der Waals surface area contributed by atoms with Crippen molar-refractivity contribution in [2.24, 2.45) is 11.3 Å². The Bertz CT molecular complexity index is 605. The molecule has 4 nitrogen and oxygen atoms in total. The first-order valence-corrected chi connectivity index (χ1v) is 9.52. The molecule has 3 rings (SSSR count). The van der Waals surface area contributed by atoms with Gasteiger partial charge in [0.05, 0.1) is 6.61 Å². The first-order chi connectivity index (χ1) is 11.8. The van der Waals surface area contributed by atoms with Crippen LogP contribution in [0.3, 0.4) is 0 Å². The highest BCUT2D eigenvalue weighted by atomic mass is 16.3. The summed E-state index contributed by atoms with van der Waals surface area (Å²) < 4.78 is 0. The van der Waals surface area contributed by atoms with Gasteiger partial charge in [0.2, 0.25) is 0 Å². The molecule has 2 unspecified atom stereocenters. The normalized spacial score (nSPS) is 26.8. The number of nitrogens with one attached hydrogen (secondary N) is 1. The molecule has 2 aliphatic rings. The van der Waals surface area contributed by atoms with Crippen molar-refractivity contribution in [3.63, 3.8) is 0 Å². The summed E-state index contributed by atoms with van der Waals surface area (Å²) in [6.07, 6.45) is 1.49. The van der Waals surface area contributed by atoms with Gasteiger partial charge in [-0.1, -0.05) is 45.0 Å². The lowest BCUT2D eigenvalue weighted by Gasteiger charge is -2.25. The van der Waals surface area contributed by atoms with Gasteiger partial charge in [-0.2, -0.15) is 0 Å². The van der Waals surface area contributed by atoms with Crippen molar-refractivity contribution in [3.8, 4) is 0 Å². The summed E-state index contributed by atoms with van der Waals surface area (Å²) in [5.74, 6) is 0.788. The van der Waals surface area contributed by atoms with E-state index < -0.39 is 0 Å². The summed E-state index contributed by atoms with van der Waals surface area (Å²) in [5.41, 5.74) is 2.25. The molecule has 0 aliphatic carbocycles. The predicted molar refractivity (Wildman–Crippen MR) is 101 cm³/mol. The Labute approximate surface area is 151 Å². The van der Waals surface area contributed by atoms with E-state index in [0.717, 1.165) is 44.7 Å². The minimum Gasteiger partial charge on any atom is -0.396 e. The third kappa shape index (κ3) is 3.97. The molecule has 4 heteroatoms. The highest BCUT2D eigenvalue weighted by Gasteiger charge is 2.48. The van der Waals surface area contributed by atoms with Gasteiger partial charge in [-0.3, -0.25) is 4.79 Å². The number of benzene rings is 1. The number of nitrogens with zero attached hydrogens (tertiary/aromatic N) is 1. The average molecular weight is 344 g/mol. The fourth-order valence-electron chi connectivity index (χ4n) is 4.29. The molecule has 0 radical (unpaired) electrons. The summed E-state index contributed by atoms with van der Waals surface area (Å²) >= 11 is 0. The van der Waals surface area contributed by atoms with Crippen molar-refractivity contribution in [3.05, 3.63) is 35.4 Å². The van der Waals surface area contributed by atoms with Gasteiger partial charge in [0.15, 0.2) is 5.78 Å². The summed E-state index contributed by atoms with van der Waals surface area (Å²) in [4.78, 5) is 14.9. The highest BCUT2D eigenvalue weighted by molar-refractivity contribution is 5.96. The number of carbonyl (C=O) groups is 1. The second-order valence-corrected chi connectivity index (χ2v) is 8.94. The molecule has 2 heterocycles. The largest absolute Gasteiger partial charge is 0.396 e. The molecular weight excluding hydrogens is 312 g/mol. The minimum atomic E-state index is 0.0484. The number of Topliss-reactive ketones (excluding diaryl/α,β-unsaturated/α-hetero) is 1. The number of hydrogen-bond donors (Lipinski definition) is 2. The number of fused-ring (bicyclic) bond motifs is 1. The van der Waals surface area contributed by atoms with Gasteiger partial charge < -0.3 is 15.3 Å². The van der Waals surface area contributed by atoms with Crippen molar-refractivity contribution >= 4 is 5.78 Å². The molecule has 2 atom stereocenters. The van der Waals surface area contributed by atoms with Crippen LogP contribution in [0.25, 0.3) is 0 Å². The Balaban J connectivity index is 1.47. The molecule has 138 valence electrons. The topological polar surface area (TPSA) is 52.6 Å². The maximum absolute atomic E-state index is 12.4. The first-order valence-electron chi connectivity index (χ1n) is 9.52. The summed E-state index contributed by atoms with van der Waals surface area (Å²) in [6, 6.07) is 8.09. The quantitative estimate of drug-likeness (QED) is 0.779. The maximum Gasteiger partial charge on any atom is 0.162 e. The van der Waals surface area contributed by atoms with Crippen molar-refractivity contribution in [2.45, 2.75) is 39.0 Å². The van der Waals surface area contributed by atoms with Crippen LogP contribution in [0.5, 0.6) is 0 Å². The van der Waals surface area contributed by atoms with Crippen LogP contribution >= 0.6 is 0 Å². The van der Waals surface area contributed by atoms with Crippen LogP contribution in [0.1, 0.15) is 49.5 Å². The van der Waals surface area contributed by atoms with Crippen molar-refractivity contribution < 1.29 is 9.90 Å². The molecule has 1 aromatic rings. The lowest BCUT2D eigenvalue weighted by atomic mass is 9.82. The van der Waals surface area contributed by atoms with E-state index in [4.69, 9.17) is 0 Å². The van der Waals surface area contributed by atoms with E-state index >= 15 is 0 Å². The third-order valence-corrected chi connectivity index (χ3v) is 6.02. The summed E-state index contributed by atoms with van der Waals surface area (Å²) in [7, 11) is 0. The number of aliphatic hydroxyl groups is 1. The second-order valence-electron chi connectivity index (χ2n) is 8.94. The van der Waals surface area contributed by atoms with Crippen LogP contribution in [-0.2, 0) is 5.41 Å². The van der Waals surface area contributed by atoms with Crippen LogP contribution in [0.4, 0.5) is 0 Å². The Morgan fingerprint density at radius 2 is 2.04 bits per heavy atom. The molecular formula is C21H32N2O2. The fraction of sp³-hybridized carbons (Fsp3) is 0.667. The fourth-order valence-corrected chi connectivity index (χ4v) is 4.29. The van der Waals surface area contributed by atoms with Crippen LogP contribution in [0, 0.1) is 11.3 Å². The molecule has 25 heavy (non-hydrogen) atoms. The molecule has 0 bridgehead atoms. The van der Waals surface area contributed by atoms with Crippen LogP contribution in [0.2, 0.25) is 0 Å². The number of aliphatic hydroxyl groups excluding tert-OH is 1. The lowest BCUT2D eigenvalue weighted by Crippen LogP contribution is -2.36. The second kappa shape index (κ2) is 7.18. The molecule has 2 N–H and O–H groups in total. The van der Waals surface area contributed by atoms with E-state index in [1.54, 1.807) is 0 Å². The zero-order valence-corrected chi connectivity index (χ0v) is 15.8. The maximum atomic E-state index is 12.4. The number of rotatable bonds is 6.